The Morgan fingerprint density at radius 1 is 1.31 bits per heavy atom. The van der Waals surface area contributed by atoms with E-state index in [2.05, 4.69) is 4.98 Å². The van der Waals surface area contributed by atoms with Crippen molar-refractivity contribution in [1.82, 2.24) is 4.98 Å². The summed E-state index contributed by atoms with van der Waals surface area (Å²) in [6.45, 7) is 2.01. The lowest BCUT2D eigenvalue weighted by molar-refractivity contribution is 0.281. The van der Waals surface area contributed by atoms with E-state index in [1.54, 1.807) is 7.11 Å². The molecule has 4 heteroatoms. The number of aliphatic hydroxyl groups excluding tert-OH is 1. The van der Waals surface area contributed by atoms with E-state index in [9.17, 15) is 0 Å². The molecule has 1 N–H and O–H groups in total. The first-order valence-electron chi connectivity index (χ1n) is 4.96. The fourth-order valence-electron chi connectivity index (χ4n) is 1.54. The number of methoxy groups -OCH3 is 1. The van der Waals surface area contributed by atoms with Crippen molar-refractivity contribution >= 4 is 11.3 Å². The lowest BCUT2D eigenvalue weighted by Crippen LogP contribution is -1.85. The molecule has 84 valence electrons. The van der Waals surface area contributed by atoms with E-state index in [4.69, 9.17) is 9.84 Å². The Morgan fingerprint density at radius 3 is 2.50 bits per heavy atom. The second kappa shape index (κ2) is 4.63. The van der Waals surface area contributed by atoms with Crippen LogP contribution < -0.4 is 4.74 Å². The summed E-state index contributed by atoms with van der Waals surface area (Å²) >= 11 is 1.53. The first-order chi connectivity index (χ1) is 7.74. The Bertz CT molecular complexity index is 476. The van der Waals surface area contributed by atoms with Gasteiger partial charge in [-0.05, 0) is 31.2 Å². The maximum Gasteiger partial charge on any atom is 0.119 e. The number of thiazole rings is 1. The highest BCUT2D eigenvalue weighted by molar-refractivity contribution is 7.12. The zero-order chi connectivity index (χ0) is 11.5. The highest BCUT2D eigenvalue weighted by atomic mass is 32.1. The molecule has 0 saturated heterocycles. The number of benzene rings is 1. The average molecular weight is 235 g/mol. The predicted molar refractivity (Wildman–Crippen MR) is 64.8 cm³/mol. The van der Waals surface area contributed by atoms with Gasteiger partial charge >= 0.3 is 0 Å². The zero-order valence-electron chi connectivity index (χ0n) is 9.23. The van der Waals surface area contributed by atoms with Gasteiger partial charge in [0.2, 0.25) is 0 Å². The number of nitrogens with zero attached hydrogens (tertiary/aromatic N) is 1. The molecule has 2 rings (SSSR count). The number of ether oxygens (including phenoxy) is 1. The third-order valence-corrected chi connectivity index (χ3v) is 3.30. The van der Waals surface area contributed by atoms with Gasteiger partial charge in [-0.2, -0.15) is 0 Å². The van der Waals surface area contributed by atoms with Crippen molar-refractivity contribution in [2.75, 3.05) is 7.11 Å². The minimum absolute atomic E-state index is 0.00165. The first kappa shape index (κ1) is 11.1. The first-order valence-corrected chi connectivity index (χ1v) is 5.78. The van der Waals surface area contributed by atoms with E-state index in [0.717, 1.165) is 26.9 Å². The smallest absolute Gasteiger partial charge is 0.119 e. The van der Waals surface area contributed by atoms with Crippen LogP contribution in [0.1, 0.15) is 9.88 Å². The van der Waals surface area contributed by atoms with Gasteiger partial charge in [0, 0.05) is 10.4 Å². The molecule has 0 amide bonds. The third kappa shape index (κ3) is 2.08. The fraction of sp³-hybridized carbons (Fsp3) is 0.250. The molecule has 0 aliphatic carbocycles. The van der Waals surface area contributed by atoms with Crippen LogP contribution in [0.25, 0.3) is 11.3 Å². The Hall–Kier alpha value is -1.39. The number of aryl methyl sites for hydroxylation is 1. The summed E-state index contributed by atoms with van der Waals surface area (Å²) in [6, 6.07) is 7.77. The van der Waals surface area contributed by atoms with E-state index >= 15 is 0 Å². The summed E-state index contributed by atoms with van der Waals surface area (Å²) < 4.78 is 5.10. The lowest BCUT2D eigenvalue weighted by atomic mass is 10.1. The number of rotatable bonds is 3. The van der Waals surface area contributed by atoms with Gasteiger partial charge in [0.15, 0.2) is 0 Å². The molecule has 2 aromatic rings. The Morgan fingerprint density at radius 2 is 2.00 bits per heavy atom. The summed E-state index contributed by atoms with van der Waals surface area (Å²) in [5.41, 5.74) is 1.99. The van der Waals surface area contributed by atoms with Gasteiger partial charge in [-0.3, -0.25) is 0 Å². The van der Waals surface area contributed by atoms with Crippen molar-refractivity contribution in [3.05, 3.63) is 34.2 Å². The Balaban J connectivity index is 2.38. The van der Waals surface area contributed by atoms with Gasteiger partial charge < -0.3 is 9.84 Å². The molecule has 0 aliphatic rings. The van der Waals surface area contributed by atoms with Crippen LogP contribution in [-0.4, -0.2) is 17.2 Å². The number of hydrogen-bond acceptors (Lipinski definition) is 4. The molecular formula is C12H13NO2S. The van der Waals surface area contributed by atoms with E-state index in [1.807, 2.05) is 31.2 Å². The molecule has 0 saturated carbocycles. The topological polar surface area (TPSA) is 42.4 Å². The maximum atomic E-state index is 9.03. The molecule has 0 unspecified atom stereocenters. The molecule has 0 fully saturated rings. The molecule has 0 atom stereocenters. The van der Waals surface area contributed by atoms with Crippen molar-refractivity contribution in [1.29, 1.82) is 0 Å². The van der Waals surface area contributed by atoms with E-state index in [1.165, 1.54) is 11.3 Å². The summed E-state index contributed by atoms with van der Waals surface area (Å²) in [5.74, 6) is 0.832. The van der Waals surface area contributed by atoms with Gasteiger partial charge in [0.05, 0.1) is 19.4 Å². The highest BCUT2D eigenvalue weighted by Crippen LogP contribution is 2.28. The fourth-order valence-corrected chi connectivity index (χ4v) is 2.35. The molecule has 1 heterocycles. The molecule has 1 aromatic heterocycles. The molecule has 1 aromatic carbocycles. The number of hydrogen-bond donors (Lipinski definition) is 1. The summed E-state index contributed by atoms with van der Waals surface area (Å²) in [6.07, 6.45) is 0. The van der Waals surface area contributed by atoms with Gasteiger partial charge in [0.1, 0.15) is 10.8 Å². The monoisotopic (exact) mass is 235 g/mol. The molecule has 0 bridgehead atoms. The Labute approximate surface area is 98.4 Å². The van der Waals surface area contributed by atoms with Crippen LogP contribution in [0.2, 0.25) is 0 Å². The van der Waals surface area contributed by atoms with Crippen LogP contribution in [0.4, 0.5) is 0 Å². The van der Waals surface area contributed by atoms with Crippen molar-refractivity contribution in [3.8, 4) is 17.0 Å². The molecule has 3 nitrogen and oxygen atoms in total. The summed E-state index contributed by atoms with van der Waals surface area (Å²) in [4.78, 5) is 5.50. The van der Waals surface area contributed by atoms with Crippen LogP contribution in [0.5, 0.6) is 5.75 Å². The second-order valence-electron chi connectivity index (χ2n) is 3.40. The van der Waals surface area contributed by atoms with Crippen molar-refractivity contribution in [2.45, 2.75) is 13.5 Å². The highest BCUT2D eigenvalue weighted by Gasteiger charge is 2.08. The van der Waals surface area contributed by atoms with Crippen molar-refractivity contribution in [2.24, 2.45) is 0 Å². The second-order valence-corrected chi connectivity index (χ2v) is 4.69. The minimum Gasteiger partial charge on any atom is -0.497 e. The quantitative estimate of drug-likeness (QED) is 0.889. The zero-order valence-corrected chi connectivity index (χ0v) is 10.0. The van der Waals surface area contributed by atoms with E-state index in [-0.39, 0.29) is 6.61 Å². The molecule has 0 spiro atoms. The summed E-state index contributed by atoms with van der Waals surface area (Å²) in [5, 5.41) is 9.79. The van der Waals surface area contributed by atoms with Crippen LogP contribution in [0.3, 0.4) is 0 Å². The van der Waals surface area contributed by atoms with Crippen LogP contribution in [-0.2, 0) is 6.61 Å². The maximum absolute atomic E-state index is 9.03. The number of aliphatic hydroxyl groups is 1. The van der Waals surface area contributed by atoms with Gasteiger partial charge in [-0.15, -0.1) is 11.3 Å². The number of aromatic nitrogens is 1. The van der Waals surface area contributed by atoms with Crippen LogP contribution in [0.15, 0.2) is 24.3 Å². The molecule has 0 radical (unpaired) electrons. The molecule has 0 aliphatic heterocycles. The van der Waals surface area contributed by atoms with Gasteiger partial charge in [-0.25, -0.2) is 4.98 Å². The average Bonchev–Trinajstić information content (AvgIpc) is 2.71. The van der Waals surface area contributed by atoms with Gasteiger partial charge in [0.25, 0.3) is 0 Å². The Kier molecular flexibility index (Phi) is 3.22. The van der Waals surface area contributed by atoms with Gasteiger partial charge in [-0.1, -0.05) is 0 Å². The summed E-state index contributed by atoms with van der Waals surface area (Å²) in [7, 11) is 1.65. The van der Waals surface area contributed by atoms with E-state index in [0.29, 0.717) is 0 Å². The minimum atomic E-state index is 0.00165. The van der Waals surface area contributed by atoms with Crippen molar-refractivity contribution in [3.63, 3.8) is 0 Å². The normalized spacial score (nSPS) is 10.4. The molecular weight excluding hydrogens is 222 g/mol. The van der Waals surface area contributed by atoms with Crippen LogP contribution in [0, 0.1) is 6.92 Å². The predicted octanol–water partition coefficient (Wildman–Crippen LogP) is 2.62. The molecule has 16 heavy (non-hydrogen) atoms. The lowest BCUT2D eigenvalue weighted by Gasteiger charge is -2.01. The standard InChI is InChI=1S/C12H13NO2S/c1-8-12(13-11(7-14)16-8)9-3-5-10(15-2)6-4-9/h3-6,14H,7H2,1-2H3. The van der Waals surface area contributed by atoms with Crippen molar-refractivity contribution < 1.29 is 9.84 Å². The largest absolute Gasteiger partial charge is 0.497 e. The van der Waals surface area contributed by atoms with Crippen LogP contribution >= 0.6 is 11.3 Å². The SMILES string of the molecule is COc1ccc(-c2nc(CO)sc2C)cc1. The van der Waals surface area contributed by atoms with E-state index < -0.39 is 0 Å². The third-order valence-electron chi connectivity index (χ3n) is 2.34.